The van der Waals surface area contributed by atoms with Crippen LogP contribution in [-0.2, 0) is 7.05 Å². The van der Waals surface area contributed by atoms with Crippen molar-refractivity contribution < 1.29 is 13.9 Å². The summed E-state index contributed by atoms with van der Waals surface area (Å²) >= 11 is 0. The molecule has 0 amide bonds. The third-order valence-corrected chi connectivity index (χ3v) is 5.76. The number of phenols is 1. The molecule has 0 aliphatic carbocycles. The van der Waals surface area contributed by atoms with Crippen LogP contribution in [-0.4, -0.2) is 45.0 Å². The van der Waals surface area contributed by atoms with Crippen molar-refractivity contribution in [2.75, 3.05) is 18.0 Å². The van der Waals surface area contributed by atoms with Crippen molar-refractivity contribution in [3.63, 3.8) is 0 Å². The van der Waals surface area contributed by atoms with E-state index in [-0.39, 0.29) is 29.0 Å². The first kappa shape index (κ1) is 22.2. The lowest BCUT2D eigenvalue weighted by atomic mass is 10.0. The Balaban J connectivity index is 0.00000245. The second-order valence-corrected chi connectivity index (χ2v) is 8.40. The largest absolute Gasteiger partial charge is 0.504 e. The minimum Gasteiger partial charge on any atom is -0.504 e. The number of halogens is 3. The molecule has 6 nitrogen and oxygen atoms in total. The number of phenolic OH excluding ortho intramolecular Hbond substituents is 1. The molecule has 0 spiro atoms. The van der Waals surface area contributed by atoms with Crippen molar-refractivity contribution in [3.8, 4) is 17.0 Å². The topological polar surface area (TPSA) is 66.2 Å². The molecule has 1 aliphatic rings. The van der Waals surface area contributed by atoms with Crippen molar-refractivity contribution >= 4 is 39.9 Å². The van der Waals surface area contributed by atoms with Gasteiger partial charge in [-0.2, -0.15) is 5.10 Å². The smallest absolute Gasteiger partial charge is 0.193 e. The van der Waals surface area contributed by atoms with E-state index in [0.717, 1.165) is 18.8 Å². The molecule has 32 heavy (non-hydrogen) atoms. The second-order valence-electron chi connectivity index (χ2n) is 8.40. The predicted octanol–water partition coefficient (Wildman–Crippen LogP) is 4.38. The van der Waals surface area contributed by atoms with E-state index >= 15 is 4.39 Å². The number of nitrogens with one attached hydrogen (secondary N) is 1. The van der Waals surface area contributed by atoms with Crippen molar-refractivity contribution in [2.45, 2.75) is 25.9 Å². The van der Waals surface area contributed by atoms with Crippen LogP contribution in [0.3, 0.4) is 0 Å². The predicted molar refractivity (Wildman–Crippen MR) is 125 cm³/mol. The number of piperazine rings is 1. The number of hydrogen-bond donors (Lipinski definition) is 2. The van der Waals surface area contributed by atoms with Gasteiger partial charge in [0, 0.05) is 60.4 Å². The van der Waals surface area contributed by atoms with Gasteiger partial charge in [-0.05, 0) is 38.1 Å². The van der Waals surface area contributed by atoms with Crippen LogP contribution in [0.4, 0.5) is 14.5 Å². The lowest BCUT2D eigenvalue weighted by Crippen LogP contribution is -2.54. The van der Waals surface area contributed by atoms with Crippen LogP contribution < -0.4 is 10.2 Å². The maximum atomic E-state index is 15.1. The third kappa shape index (κ3) is 3.73. The zero-order valence-electron chi connectivity index (χ0n) is 17.9. The highest BCUT2D eigenvalue weighted by molar-refractivity contribution is 5.90. The average molecular weight is 460 g/mol. The maximum Gasteiger partial charge on any atom is 0.193 e. The monoisotopic (exact) mass is 459 g/mol. The molecule has 2 N–H and O–H groups in total. The molecule has 0 saturated carbocycles. The Bertz CT molecular complexity index is 1320. The molecule has 2 atom stereocenters. The zero-order valence-corrected chi connectivity index (χ0v) is 18.7. The van der Waals surface area contributed by atoms with Crippen LogP contribution in [0.1, 0.15) is 13.8 Å². The van der Waals surface area contributed by atoms with Gasteiger partial charge in [0.2, 0.25) is 0 Å². The van der Waals surface area contributed by atoms with Gasteiger partial charge in [-0.1, -0.05) is 6.07 Å². The van der Waals surface area contributed by atoms with Gasteiger partial charge in [-0.3, -0.25) is 4.68 Å². The molecule has 168 valence electrons. The normalized spacial score (nSPS) is 18.8. The molecule has 0 radical (unpaired) electrons. The SMILES string of the molecule is C[C@@H]1CN(c2cc(F)c3nc(-c4cc5cn(C)nc5c(F)c4O)ccc3c2)C[C@H](C)N1.Cl. The van der Waals surface area contributed by atoms with E-state index in [9.17, 15) is 9.50 Å². The highest BCUT2D eigenvalue weighted by Gasteiger charge is 2.23. The van der Waals surface area contributed by atoms with Gasteiger partial charge in [-0.15, -0.1) is 12.4 Å². The van der Waals surface area contributed by atoms with Crippen molar-refractivity contribution in [2.24, 2.45) is 7.05 Å². The summed E-state index contributed by atoms with van der Waals surface area (Å²) in [6.45, 7) is 5.80. The lowest BCUT2D eigenvalue weighted by Gasteiger charge is -2.37. The minimum atomic E-state index is -0.812. The fourth-order valence-electron chi connectivity index (χ4n) is 4.48. The molecule has 0 bridgehead atoms. The fourth-order valence-corrected chi connectivity index (χ4v) is 4.48. The van der Waals surface area contributed by atoms with Crippen molar-refractivity contribution in [3.05, 3.63) is 48.2 Å². The molecule has 2 aromatic heterocycles. The van der Waals surface area contributed by atoms with E-state index < -0.39 is 17.4 Å². The highest BCUT2D eigenvalue weighted by Crippen LogP contribution is 2.36. The third-order valence-electron chi connectivity index (χ3n) is 5.76. The number of rotatable bonds is 2. The van der Waals surface area contributed by atoms with E-state index in [1.54, 1.807) is 31.4 Å². The van der Waals surface area contributed by atoms with Crippen LogP contribution in [0, 0.1) is 11.6 Å². The van der Waals surface area contributed by atoms with Crippen LogP contribution >= 0.6 is 12.4 Å². The molecular formula is C23H24ClF2N5O. The number of aromatic hydroxyl groups is 1. The second kappa shape index (κ2) is 8.18. The zero-order chi connectivity index (χ0) is 21.9. The van der Waals surface area contributed by atoms with E-state index in [1.165, 1.54) is 10.7 Å². The Morgan fingerprint density at radius 3 is 2.47 bits per heavy atom. The van der Waals surface area contributed by atoms with Gasteiger partial charge in [0.1, 0.15) is 11.0 Å². The summed E-state index contributed by atoms with van der Waals surface area (Å²) in [7, 11) is 1.68. The number of benzene rings is 2. The quantitative estimate of drug-likeness (QED) is 0.465. The Labute approximate surface area is 190 Å². The van der Waals surface area contributed by atoms with Crippen LogP contribution in [0.25, 0.3) is 33.1 Å². The van der Waals surface area contributed by atoms with Gasteiger partial charge < -0.3 is 15.3 Å². The van der Waals surface area contributed by atoms with Gasteiger partial charge in [0.05, 0.1) is 5.69 Å². The van der Waals surface area contributed by atoms with E-state index in [0.29, 0.717) is 28.6 Å². The number of hydrogen-bond acceptors (Lipinski definition) is 5. The Kier molecular flexibility index (Phi) is 5.68. The number of pyridine rings is 1. The maximum absolute atomic E-state index is 15.1. The molecule has 3 heterocycles. The van der Waals surface area contributed by atoms with Crippen molar-refractivity contribution in [1.29, 1.82) is 0 Å². The lowest BCUT2D eigenvalue weighted by molar-refractivity contribution is 0.407. The Hall–Kier alpha value is -2.97. The standard InChI is InChI=1S/C23H23F2N5O.ClH/c1-12-9-30(10-13(2)26-12)16-6-14-4-5-19(27-21(14)18(24)8-16)17-7-15-11-29(3)28-22(15)20(25)23(17)31;/h4-8,11-13,26,31H,9-10H2,1-3H3;1H/t12-,13+;. The van der Waals surface area contributed by atoms with E-state index in [1.807, 2.05) is 6.07 Å². The van der Waals surface area contributed by atoms with Gasteiger partial charge in [0.25, 0.3) is 0 Å². The number of fused-ring (bicyclic) bond motifs is 2. The first-order chi connectivity index (χ1) is 14.8. The Morgan fingerprint density at radius 1 is 1.03 bits per heavy atom. The summed E-state index contributed by atoms with van der Waals surface area (Å²) in [6.07, 6.45) is 1.66. The van der Waals surface area contributed by atoms with E-state index in [4.69, 9.17) is 0 Å². The van der Waals surface area contributed by atoms with Gasteiger partial charge in [-0.25, -0.2) is 13.8 Å². The summed E-state index contributed by atoms with van der Waals surface area (Å²) in [5.74, 6) is -1.80. The minimum absolute atomic E-state index is 0. The van der Waals surface area contributed by atoms with Gasteiger partial charge in [0.15, 0.2) is 17.4 Å². The summed E-state index contributed by atoms with van der Waals surface area (Å²) in [5.41, 5.74) is 1.58. The Morgan fingerprint density at radius 2 is 1.75 bits per heavy atom. The summed E-state index contributed by atoms with van der Waals surface area (Å²) in [6, 6.07) is 9.07. The van der Waals surface area contributed by atoms with Gasteiger partial charge >= 0.3 is 0 Å². The molecule has 2 aromatic carbocycles. The van der Waals surface area contributed by atoms with E-state index in [2.05, 4.69) is 34.1 Å². The molecule has 1 saturated heterocycles. The number of aryl methyl sites for hydroxylation is 1. The molecule has 0 unspecified atom stereocenters. The van der Waals surface area contributed by atoms with Crippen LogP contribution in [0.5, 0.6) is 5.75 Å². The summed E-state index contributed by atoms with van der Waals surface area (Å²) in [5, 5.41) is 19.1. The molecule has 5 rings (SSSR count). The number of anilines is 1. The van der Waals surface area contributed by atoms with Crippen LogP contribution in [0.15, 0.2) is 36.5 Å². The molecule has 1 fully saturated rings. The first-order valence-electron chi connectivity index (χ1n) is 10.3. The summed E-state index contributed by atoms with van der Waals surface area (Å²) in [4.78, 5) is 6.58. The number of nitrogens with zero attached hydrogens (tertiary/aromatic N) is 4. The average Bonchev–Trinajstić information content (AvgIpc) is 3.10. The van der Waals surface area contributed by atoms with Crippen LogP contribution in [0.2, 0.25) is 0 Å². The molecule has 9 heteroatoms. The fraction of sp³-hybridized carbons (Fsp3) is 0.304. The molecule has 1 aliphatic heterocycles. The van der Waals surface area contributed by atoms with Crippen molar-refractivity contribution in [1.82, 2.24) is 20.1 Å². The first-order valence-corrected chi connectivity index (χ1v) is 10.3. The molecular weight excluding hydrogens is 436 g/mol. The molecule has 4 aromatic rings. The highest BCUT2D eigenvalue weighted by atomic mass is 35.5. The summed E-state index contributed by atoms with van der Waals surface area (Å²) < 4.78 is 31.2. The number of aromatic nitrogens is 3.